The van der Waals surface area contributed by atoms with Crippen molar-refractivity contribution in [1.82, 2.24) is 0 Å². The maximum Gasteiger partial charge on any atom is 0.335 e. The van der Waals surface area contributed by atoms with E-state index >= 15 is 0 Å². The van der Waals surface area contributed by atoms with Gasteiger partial charge in [0.1, 0.15) is 12.4 Å². The molecule has 2 N–H and O–H groups in total. The zero-order chi connectivity index (χ0) is 19.1. The third kappa shape index (κ3) is 5.19. The van der Waals surface area contributed by atoms with Crippen LogP contribution in [0.5, 0.6) is 5.75 Å². The molecule has 0 heterocycles. The van der Waals surface area contributed by atoms with Gasteiger partial charge in [-0.25, -0.2) is 4.79 Å². The number of benzene rings is 3. The lowest BCUT2D eigenvalue weighted by molar-refractivity contribution is 0.0697. The molecule has 0 amide bonds. The van der Waals surface area contributed by atoms with E-state index in [9.17, 15) is 4.79 Å². The Morgan fingerprint density at radius 1 is 1.04 bits per heavy atom. The molecule has 3 rings (SSSR count). The number of hydrazone groups is 1. The van der Waals surface area contributed by atoms with Gasteiger partial charge in [-0.15, -0.1) is 0 Å². The third-order valence-electron chi connectivity index (χ3n) is 4.07. The van der Waals surface area contributed by atoms with E-state index in [4.69, 9.17) is 9.84 Å². The van der Waals surface area contributed by atoms with Gasteiger partial charge in [0.05, 0.1) is 17.5 Å². The lowest BCUT2D eigenvalue weighted by Gasteiger charge is -2.08. The predicted molar refractivity (Wildman–Crippen MR) is 107 cm³/mol. The van der Waals surface area contributed by atoms with E-state index in [0.29, 0.717) is 6.61 Å². The highest BCUT2D eigenvalue weighted by Crippen LogP contribution is 2.15. The Hall–Kier alpha value is -3.60. The van der Waals surface area contributed by atoms with Crippen molar-refractivity contribution in [2.75, 3.05) is 5.43 Å². The Balaban J connectivity index is 1.53. The molecule has 0 saturated heterocycles. The first-order chi connectivity index (χ1) is 13.1. The normalized spacial score (nSPS) is 10.7. The summed E-state index contributed by atoms with van der Waals surface area (Å²) in [4.78, 5) is 10.8. The highest BCUT2D eigenvalue weighted by atomic mass is 16.5. The molecular weight excluding hydrogens is 340 g/mol. The second kappa shape index (κ2) is 8.67. The molecule has 27 heavy (non-hydrogen) atoms. The van der Waals surface area contributed by atoms with Gasteiger partial charge in [0.15, 0.2) is 0 Å². The van der Waals surface area contributed by atoms with Crippen molar-refractivity contribution in [3.63, 3.8) is 0 Å². The van der Waals surface area contributed by atoms with Crippen LogP contribution in [0.1, 0.15) is 27.0 Å². The second-order valence-electron chi connectivity index (χ2n) is 6.04. The number of carboxylic acids is 1. The molecule has 0 aliphatic carbocycles. The van der Waals surface area contributed by atoms with E-state index in [2.05, 4.69) is 29.6 Å². The Labute approximate surface area is 157 Å². The van der Waals surface area contributed by atoms with Crippen molar-refractivity contribution in [3.8, 4) is 5.75 Å². The van der Waals surface area contributed by atoms with Crippen molar-refractivity contribution in [2.45, 2.75) is 13.5 Å². The van der Waals surface area contributed by atoms with Gasteiger partial charge in [-0.05, 0) is 72.1 Å². The minimum absolute atomic E-state index is 0.241. The largest absolute Gasteiger partial charge is 0.489 e. The molecular formula is C22H20N2O3. The summed E-state index contributed by atoms with van der Waals surface area (Å²) in [6.45, 7) is 2.61. The fraction of sp³-hybridized carbons (Fsp3) is 0.0909. The van der Waals surface area contributed by atoms with Gasteiger partial charge in [0, 0.05) is 0 Å². The maximum atomic E-state index is 10.8. The molecule has 0 aliphatic rings. The van der Waals surface area contributed by atoms with E-state index in [0.717, 1.165) is 17.0 Å². The van der Waals surface area contributed by atoms with Crippen LogP contribution in [0.4, 0.5) is 5.69 Å². The molecule has 0 radical (unpaired) electrons. The quantitative estimate of drug-likeness (QED) is 0.472. The van der Waals surface area contributed by atoms with Gasteiger partial charge in [0.25, 0.3) is 0 Å². The number of nitrogens with one attached hydrogen (secondary N) is 1. The summed E-state index contributed by atoms with van der Waals surface area (Å²) in [7, 11) is 0. The van der Waals surface area contributed by atoms with Gasteiger partial charge in [-0.2, -0.15) is 5.10 Å². The minimum Gasteiger partial charge on any atom is -0.489 e. The summed E-state index contributed by atoms with van der Waals surface area (Å²) in [6.07, 6.45) is 1.69. The summed E-state index contributed by atoms with van der Waals surface area (Å²) in [5.74, 6) is -0.151. The number of aromatic carboxylic acids is 1. The van der Waals surface area contributed by atoms with Crippen LogP contribution in [-0.2, 0) is 6.61 Å². The molecule has 5 nitrogen and oxygen atoms in total. The highest BCUT2D eigenvalue weighted by Gasteiger charge is 2.01. The first-order valence-corrected chi connectivity index (χ1v) is 8.51. The van der Waals surface area contributed by atoms with E-state index in [1.54, 1.807) is 18.3 Å². The lowest BCUT2D eigenvalue weighted by atomic mass is 10.1. The number of anilines is 1. The van der Waals surface area contributed by atoms with E-state index < -0.39 is 5.97 Å². The maximum absolute atomic E-state index is 10.8. The van der Waals surface area contributed by atoms with Gasteiger partial charge < -0.3 is 9.84 Å². The molecule has 0 unspecified atom stereocenters. The summed E-state index contributed by atoms with van der Waals surface area (Å²) in [5.41, 5.74) is 7.13. The van der Waals surface area contributed by atoms with Crippen LogP contribution in [0.2, 0.25) is 0 Å². The molecule has 0 fully saturated rings. The molecule has 5 heteroatoms. The average Bonchev–Trinajstić information content (AvgIpc) is 2.69. The predicted octanol–water partition coefficient (Wildman–Crippen LogP) is 4.72. The minimum atomic E-state index is -0.949. The lowest BCUT2D eigenvalue weighted by Crippen LogP contribution is -1.98. The number of carboxylic acid groups (broad SMARTS) is 1. The van der Waals surface area contributed by atoms with Crippen LogP contribution < -0.4 is 10.2 Å². The summed E-state index contributed by atoms with van der Waals surface area (Å²) in [5, 5.41) is 13.0. The summed E-state index contributed by atoms with van der Waals surface area (Å²) >= 11 is 0. The molecule has 136 valence electrons. The number of hydrogen-bond acceptors (Lipinski definition) is 4. The Morgan fingerprint density at radius 3 is 2.41 bits per heavy atom. The fourth-order valence-corrected chi connectivity index (χ4v) is 2.45. The van der Waals surface area contributed by atoms with Crippen LogP contribution >= 0.6 is 0 Å². The Bertz CT molecular complexity index is 933. The van der Waals surface area contributed by atoms with Crippen molar-refractivity contribution in [3.05, 3.63) is 95.1 Å². The summed E-state index contributed by atoms with van der Waals surface area (Å²) < 4.78 is 5.82. The Kier molecular flexibility index (Phi) is 5.84. The zero-order valence-corrected chi connectivity index (χ0v) is 14.9. The van der Waals surface area contributed by atoms with Crippen molar-refractivity contribution in [2.24, 2.45) is 5.10 Å². The Morgan fingerprint density at radius 2 is 1.74 bits per heavy atom. The SMILES string of the molecule is Cc1ccccc1COc1ccc(/C=N/Nc2ccc(C(=O)O)cc2)cc1. The van der Waals surface area contributed by atoms with E-state index in [1.165, 1.54) is 23.3 Å². The van der Waals surface area contributed by atoms with Crippen LogP contribution in [0, 0.1) is 6.92 Å². The van der Waals surface area contributed by atoms with Crippen LogP contribution in [0.25, 0.3) is 0 Å². The first kappa shape index (κ1) is 18.2. The standard InChI is InChI=1S/C22H20N2O3/c1-16-4-2-3-5-19(16)15-27-21-12-6-17(7-13-21)14-23-24-20-10-8-18(9-11-20)22(25)26/h2-14,24H,15H2,1H3,(H,25,26)/b23-14+. The number of ether oxygens (including phenoxy) is 1. The molecule has 0 spiro atoms. The highest BCUT2D eigenvalue weighted by molar-refractivity contribution is 5.88. The van der Waals surface area contributed by atoms with E-state index in [-0.39, 0.29) is 5.56 Å². The van der Waals surface area contributed by atoms with Gasteiger partial charge >= 0.3 is 5.97 Å². The third-order valence-corrected chi connectivity index (χ3v) is 4.07. The van der Waals surface area contributed by atoms with Crippen molar-refractivity contribution >= 4 is 17.9 Å². The topological polar surface area (TPSA) is 70.9 Å². The van der Waals surface area contributed by atoms with Crippen molar-refractivity contribution in [1.29, 1.82) is 0 Å². The zero-order valence-electron chi connectivity index (χ0n) is 14.9. The number of carbonyl (C=O) groups is 1. The van der Waals surface area contributed by atoms with Crippen LogP contribution in [0.15, 0.2) is 77.9 Å². The first-order valence-electron chi connectivity index (χ1n) is 8.51. The van der Waals surface area contributed by atoms with Gasteiger partial charge in [-0.1, -0.05) is 24.3 Å². The van der Waals surface area contributed by atoms with E-state index in [1.807, 2.05) is 36.4 Å². The van der Waals surface area contributed by atoms with Crippen LogP contribution in [-0.4, -0.2) is 17.3 Å². The molecule has 3 aromatic carbocycles. The van der Waals surface area contributed by atoms with Gasteiger partial charge in [0.2, 0.25) is 0 Å². The molecule has 0 saturated carbocycles. The monoisotopic (exact) mass is 360 g/mol. The molecule has 0 bridgehead atoms. The van der Waals surface area contributed by atoms with Gasteiger partial charge in [-0.3, -0.25) is 5.43 Å². The molecule has 0 atom stereocenters. The molecule has 0 aromatic heterocycles. The second-order valence-corrected chi connectivity index (χ2v) is 6.04. The smallest absolute Gasteiger partial charge is 0.335 e. The molecule has 3 aromatic rings. The number of nitrogens with zero attached hydrogens (tertiary/aromatic N) is 1. The number of hydrogen-bond donors (Lipinski definition) is 2. The molecule has 0 aliphatic heterocycles. The fourth-order valence-electron chi connectivity index (χ4n) is 2.45. The average molecular weight is 360 g/mol. The number of rotatable bonds is 7. The summed E-state index contributed by atoms with van der Waals surface area (Å²) in [6, 6.07) is 22.2. The number of aryl methyl sites for hydroxylation is 1. The van der Waals surface area contributed by atoms with Crippen molar-refractivity contribution < 1.29 is 14.6 Å². The van der Waals surface area contributed by atoms with Crippen LogP contribution in [0.3, 0.4) is 0 Å².